The molecule has 0 spiro atoms. The van der Waals surface area contributed by atoms with Gasteiger partial charge in [0.15, 0.2) is 6.17 Å². The van der Waals surface area contributed by atoms with E-state index in [2.05, 4.69) is 4.98 Å². The molecule has 1 unspecified atom stereocenters. The molecule has 3 aromatic rings. The van der Waals surface area contributed by atoms with Crippen LogP contribution in [0.4, 0.5) is 23.2 Å². The van der Waals surface area contributed by atoms with Crippen molar-refractivity contribution in [3.8, 4) is 0 Å². The number of nitrogens with zero attached hydrogens (tertiary/aromatic N) is 3. The van der Waals surface area contributed by atoms with E-state index in [0.29, 0.717) is 5.56 Å². The van der Waals surface area contributed by atoms with E-state index in [4.69, 9.17) is 0 Å². The largest absolute Gasteiger partial charge is 0.416 e. The second-order valence-electron chi connectivity index (χ2n) is 7.43. The zero-order valence-electron chi connectivity index (χ0n) is 16.7. The SMILES string of the molecule is Fc1ccc(N2C=C3C(c4ccc(C(F)(F)F)cc4)=CC=CN3C2c2ccccn2)cc1. The summed E-state index contributed by atoms with van der Waals surface area (Å²) in [6.45, 7) is 0. The monoisotopic (exact) mass is 435 g/mol. The van der Waals surface area contributed by atoms with Gasteiger partial charge >= 0.3 is 6.18 Å². The highest BCUT2D eigenvalue weighted by Crippen LogP contribution is 2.44. The fraction of sp³-hybridized carbons (Fsp3) is 0.0800. The Hall–Kier alpha value is -3.87. The summed E-state index contributed by atoms with van der Waals surface area (Å²) in [7, 11) is 0. The summed E-state index contributed by atoms with van der Waals surface area (Å²) in [5, 5.41) is 0. The van der Waals surface area contributed by atoms with Crippen molar-refractivity contribution in [1.29, 1.82) is 0 Å². The standard InChI is InChI=1S/C25H17F4N3/c26-19-10-12-20(13-11-19)32-16-23-21(17-6-8-18(9-7-17)25(27,28)29)4-3-15-31(23)24(32)22-5-1-2-14-30-22/h1-16,24H. The molecule has 5 rings (SSSR count). The Bertz CT molecular complexity index is 1210. The molecule has 0 radical (unpaired) electrons. The molecule has 160 valence electrons. The molecule has 0 saturated heterocycles. The number of rotatable bonds is 3. The second kappa shape index (κ2) is 7.67. The number of anilines is 1. The molecule has 2 aliphatic heterocycles. The van der Waals surface area contributed by atoms with Gasteiger partial charge in [-0.05, 0) is 60.2 Å². The number of aromatic nitrogens is 1. The topological polar surface area (TPSA) is 19.4 Å². The van der Waals surface area contributed by atoms with Crippen LogP contribution in [0.25, 0.3) is 5.57 Å². The average molecular weight is 435 g/mol. The van der Waals surface area contributed by atoms with Crippen molar-refractivity contribution >= 4 is 11.3 Å². The Morgan fingerprint density at radius 3 is 2.25 bits per heavy atom. The molecule has 3 nitrogen and oxygen atoms in total. The lowest BCUT2D eigenvalue weighted by Gasteiger charge is -2.33. The summed E-state index contributed by atoms with van der Waals surface area (Å²) in [6, 6.07) is 16.9. The Kier molecular flexibility index (Phi) is 4.81. The van der Waals surface area contributed by atoms with Crippen molar-refractivity contribution in [2.45, 2.75) is 12.3 Å². The second-order valence-corrected chi connectivity index (χ2v) is 7.43. The first-order valence-electron chi connectivity index (χ1n) is 9.93. The third-order valence-electron chi connectivity index (χ3n) is 5.45. The zero-order valence-corrected chi connectivity index (χ0v) is 16.7. The maximum Gasteiger partial charge on any atom is 0.416 e. The highest BCUT2D eigenvalue weighted by molar-refractivity contribution is 5.83. The van der Waals surface area contributed by atoms with Crippen LogP contribution in [0, 0.1) is 5.82 Å². The first-order valence-corrected chi connectivity index (χ1v) is 9.93. The molecule has 0 fully saturated rings. The molecule has 7 heteroatoms. The minimum Gasteiger partial charge on any atom is -0.319 e. The van der Waals surface area contributed by atoms with Crippen LogP contribution < -0.4 is 4.90 Å². The summed E-state index contributed by atoms with van der Waals surface area (Å²) in [5.74, 6) is -0.335. The number of hydrogen-bond donors (Lipinski definition) is 0. The average Bonchev–Trinajstić information content (AvgIpc) is 3.19. The predicted molar refractivity (Wildman–Crippen MR) is 114 cm³/mol. The quantitative estimate of drug-likeness (QED) is 0.437. The predicted octanol–water partition coefficient (Wildman–Crippen LogP) is 6.51. The van der Waals surface area contributed by atoms with Gasteiger partial charge < -0.3 is 9.80 Å². The van der Waals surface area contributed by atoms with Crippen LogP contribution in [0.1, 0.15) is 23.0 Å². The number of alkyl halides is 3. The fourth-order valence-electron chi connectivity index (χ4n) is 3.95. The lowest BCUT2D eigenvalue weighted by molar-refractivity contribution is -0.137. The van der Waals surface area contributed by atoms with Gasteiger partial charge in [0.25, 0.3) is 0 Å². The summed E-state index contributed by atoms with van der Waals surface area (Å²) >= 11 is 0. The molecule has 3 heterocycles. The molecule has 2 aliphatic rings. The molecular weight excluding hydrogens is 418 g/mol. The molecular formula is C25H17F4N3. The van der Waals surface area contributed by atoms with E-state index < -0.39 is 11.7 Å². The van der Waals surface area contributed by atoms with Crippen molar-refractivity contribution in [2.24, 2.45) is 0 Å². The van der Waals surface area contributed by atoms with E-state index >= 15 is 0 Å². The molecule has 32 heavy (non-hydrogen) atoms. The third kappa shape index (κ3) is 3.56. The van der Waals surface area contributed by atoms with Gasteiger partial charge in [0.1, 0.15) is 5.82 Å². The maximum absolute atomic E-state index is 13.5. The number of fused-ring (bicyclic) bond motifs is 1. The highest BCUT2D eigenvalue weighted by Gasteiger charge is 2.37. The lowest BCUT2D eigenvalue weighted by atomic mass is 9.99. The third-order valence-corrected chi connectivity index (χ3v) is 5.45. The molecule has 0 amide bonds. The van der Waals surface area contributed by atoms with E-state index in [1.54, 1.807) is 18.3 Å². The summed E-state index contributed by atoms with van der Waals surface area (Å²) in [6.07, 6.45) is 4.54. The summed E-state index contributed by atoms with van der Waals surface area (Å²) < 4.78 is 52.5. The number of benzene rings is 2. The van der Waals surface area contributed by atoms with Crippen LogP contribution in [0.3, 0.4) is 0 Å². The Balaban J connectivity index is 1.58. The van der Waals surface area contributed by atoms with Crippen molar-refractivity contribution in [3.63, 3.8) is 0 Å². The van der Waals surface area contributed by atoms with Crippen molar-refractivity contribution < 1.29 is 17.6 Å². The minimum absolute atomic E-state index is 0.328. The van der Waals surface area contributed by atoms with Crippen LogP contribution in [0.2, 0.25) is 0 Å². The molecule has 0 aliphatic carbocycles. The van der Waals surface area contributed by atoms with Gasteiger partial charge in [-0.1, -0.05) is 24.3 Å². The van der Waals surface area contributed by atoms with E-state index in [9.17, 15) is 17.6 Å². The Morgan fingerprint density at radius 1 is 0.844 bits per heavy atom. The van der Waals surface area contributed by atoms with Gasteiger partial charge in [-0.2, -0.15) is 13.2 Å². The first kappa shape index (κ1) is 20.1. The van der Waals surface area contributed by atoms with Crippen molar-refractivity contribution in [1.82, 2.24) is 9.88 Å². The van der Waals surface area contributed by atoms with Gasteiger partial charge in [-0.3, -0.25) is 4.98 Å². The number of allylic oxidation sites excluding steroid dienone is 3. The molecule has 2 aromatic carbocycles. The van der Waals surface area contributed by atoms with Crippen LogP contribution in [-0.4, -0.2) is 9.88 Å². The molecule has 1 atom stereocenters. The van der Waals surface area contributed by atoms with E-state index in [0.717, 1.165) is 34.8 Å². The maximum atomic E-state index is 13.5. The number of pyridine rings is 1. The first-order chi connectivity index (χ1) is 15.4. The van der Waals surface area contributed by atoms with Gasteiger partial charge in [-0.25, -0.2) is 4.39 Å². The number of hydrogen-bond acceptors (Lipinski definition) is 3. The van der Waals surface area contributed by atoms with E-state index in [-0.39, 0.29) is 12.0 Å². The smallest absolute Gasteiger partial charge is 0.319 e. The summed E-state index contributed by atoms with van der Waals surface area (Å²) in [5.41, 5.74) is 3.12. The number of halogens is 4. The molecule has 1 aromatic heterocycles. The highest BCUT2D eigenvalue weighted by atomic mass is 19.4. The van der Waals surface area contributed by atoms with E-state index in [1.165, 1.54) is 24.3 Å². The lowest BCUT2D eigenvalue weighted by Crippen LogP contribution is -2.30. The van der Waals surface area contributed by atoms with Gasteiger partial charge in [0, 0.05) is 29.9 Å². The van der Waals surface area contributed by atoms with Gasteiger partial charge in [-0.15, -0.1) is 0 Å². The molecule has 0 bridgehead atoms. The van der Waals surface area contributed by atoms with Crippen LogP contribution >= 0.6 is 0 Å². The van der Waals surface area contributed by atoms with Gasteiger partial charge in [0.05, 0.1) is 17.0 Å². The molecule has 0 N–H and O–H groups in total. The van der Waals surface area contributed by atoms with Crippen LogP contribution in [0.15, 0.2) is 103 Å². The zero-order chi connectivity index (χ0) is 22.3. The van der Waals surface area contributed by atoms with Gasteiger partial charge in [0.2, 0.25) is 0 Å². The van der Waals surface area contributed by atoms with Crippen LogP contribution in [0.5, 0.6) is 0 Å². The van der Waals surface area contributed by atoms with Crippen LogP contribution in [-0.2, 0) is 6.18 Å². The van der Waals surface area contributed by atoms with E-state index in [1.807, 2.05) is 52.6 Å². The summed E-state index contributed by atoms with van der Waals surface area (Å²) in [4.78, 5) is 8.50. The minimum atomic E-state index is -4.39. The van der Waals surface area contributed by atoms with Crippen molar-refractivity contribution in [2.75, 3.05) is 4.90 Å². The van der Waals surface area contributed by atoms with Crippen molar-refractivity contribution in [3.05, 3.63) is 126 Å². The normalized spacial score (nSPS) is 17.8. The Morgan fingerprint density at radius 2 is 1.59 bits per heavy atom. The Labute approximate surface area is 182 Å². The molecule has 0 saturated carbocycles. The fourth-order valence-corrected chi connectivity index (χ4v) is 3.95.